The molecule has 1 aromatic heterocycles. The van der Waals surface area contributed by atoms with Crippen LogP contribution in [0.4, 0.5) is 0 Å². The second-order valence-electron chi connectivity index (χ2n) is 8.63. The quantitative estimate of drug-likeness (QED) is 0.208. The molecule has 1 amide bonds. The normalized spacial score (nSPS) is 15.5. The first-order valence-corrected chi connectivity index (χ1v) is 13.3. The van der Waals surface area contributed by atoms with Crippen LogP contribution >= 0.6 is 24.0 Å². The van der Waals surface area contributed by atoms with E-state index in [2.05, 4.69) is 0 Å². The molecule has 0 aliphatic carbocycles. The van der Waals surface area contributed by atoms with Crippen LogP contribution in [-0.2, 0) is 11.3 Å². The number of hydrogen-bond acceptors (Lipinski definition) is 7. The number of rotatable bonds is 7. The molecule has 4 aromatic rings. The van der Waals surface area contributed by atoms with Gasteiger partial charge in [0.05, 0.1) is 29.4 Å². The van der Waals surface area contributed by atoms with E-state index in [0.29, 0.717) is 33.9 Å². The van der Waals surface area contributed by atoms with Crippen LogP contribution in [-0.4, -0.2) is 38.3 Å². The van der Waals surface area contributed by atoms with Gasteiger partial charge in [0.2, 0.25) is 6.79 Å². The number of benzene rings is 3. The number of thiocarbonyl (C=S) groups is 1. The van der Waals surface area contributed by atoms with Gasteiger partial charge in [-0.1, -0.05) is 48.2 Å². The first kappa shape index (κ1) is 24.3. The Morgan fingerprint density at radius 2 is 1.84 bits per heavy atom. The smallest absolute Gasteiger partial charge is 0.266 e. The first-order chi connectivity index (χ1) is 18.6. The maximum Gasteiger partial charge on any atom is 0.266 e. The van der Waals surface area contributed by atoms with E-state index >= 15 is 0 Å². The zero-order valence-electron chi connectivity index (χ0n) is 20.5. The average Bonchev–Trinajstić information content (AvgIpc) is 3.65. The number of fused-ring (bicyclic) bond motifs is 1. The van der Waals surface area contributed by atoms with Crippen molar-refractivity contribution in [2.24, 2.45) is 0 Å². The van der Waals surface area contributed by atoms with E-state index in [-0.39, 0.29) is 12.7 Å². The lowest BCUT2D eigenvalue weighted by molar-refractivity contribution is -0.122. The van der Waals surface area contributed by atoms with Crippen LogP contribution in [0, 0.1) is 0 Å². The van der Waals surface area contributed by atoms with Crippen LogP contribution in [0.3, 0.4) is 0 Å². The molecule has 0 radical (unpaired) electrons. The second-order valence-corrected chi connectivity index (χ2v) is 10.3. The zero-order chi connectivity index (χ0) is 26.1. The Labute approximate surface area is 229 Å². The number of nitrogens with zero attached hydrogens (tertiary/aromatic N) is 3. The molecule has 190 valence electrons. The van der Waals surface area contributed by atoms with Crippen LogP contribution in [0.25, 0.3) is 23.0 Å². The highest BCUT2D eigenvalue weighted by Gasteiger charge is 2.33. The number of amides is 1. The van der Waals surface area contributed by atoms with Gasteiger partial charge in [0.15, 0.2) is 11.5 Å². The van der Waals surface area contributed by atoms with Gasteiger partial charge in [-0.15, -0.1) is 0 Å². The van der Waals surface area contributed by atoms with Crippen LogP contribution in [0.2, 0.25) is 0 Å². The molecule has 1 saturated heterocycles. The minimum Gasteiger partial charge on any atom is -0.494 e. The molecule has 1 fully saturated rings. The van der Waals surface area contributed by atoms with Crippen molar-refractivity contribution in [2.45, 2.75) is 13.5 Å². The molecular weight excluding hydrogens is 518 g/mol. The van der Waals surface area contributed by atoms with Gasteiger partial charge in [-0.3, -0.25) is 9.69 Å². The van der Waals surface area contributed by atoms with Crippen molar-refractivity contribution < 1.29 is 19.0 Å². The highest BCUT2D eigenvalue weighted by molar-refractivity contribution is 8.26. The molecule has 6 rings (SSSR count). The summed E-state index contributed by atoms with van der Waals surface area (Å²) in [5, 5.41) is 4.87. The highest BCUT2D eigenvalue weighted by atomic mass is 32.2. The Bertz CT molecular complexity index is 1550. The van der Waals surface area contributed by atoms with E-state index in [1.807, 2.05) is 96.7 Å². The van der Waals surface area contributed by atoms with Crippen molar-refractivity contribution in [3.8, 4) is 34.2 Å². The van der Waals surface area contributed by atoms with Gasteiger partial charge in [-0.25, -0.2) is 4.68 Å². The third-order valence-electron chi connectivity index (χ3n) is 6.14. The molecule has 3 aromatic carbocycles. The molecule has 0 spiro atoms. The first-order valence-electron chi connectivity index (χ1n) is 12.1. The number of carbonyl (C=O) groups is 1. The Hall–Kier alpha value is -4.08. The molecule has 2 aliphatic rings. The van der Waals surface area contributed by atoms with Gasteiger partial charge in [0, 0.05) is 17.3 Å². The van der Waals surface area contributed by atoms with Crippen molar-refractivity contribution in [3.05, 3.63) is 95.0 Å². The molecule has 38 heavy (non-hydrogen) atoms. The summed E-state index contributed by atoms with van der Waals surface area (Å²) in [6, 6.07) is 23.3. The summed E-state index contributed by atoms with van der Waals surface area (Å²) < 4.78 is 18.8. The third-order valence-corrected chi connectivity index (χ3v) is 7.52. The molecule has 0 bridgehead atoms. The minimum atomic E-state index is -0.136. The lowest BCUT2D eigenvalue weighted by Gasteiger charge is -2.14. The molecule has 7 nitrogen and oxygen atoms in total. The van der Waals surface area contributed by atoms with Crippen molar-refractivity contribution in [2.75, 3.05) is 13.4 Å². The van der Waals surface area contributed by atoms with Crippen molar-refractivity contribution >= 4 is 40.3 Å². The molecule has 0 saturated carbocycles. The predicted octanol–water partition coefficient (Wildman–Crippen LogP) is 6.07. The van der Waals surface area contributed by atoms with Crippen molar-refractivity contribution in [1.82, 2.24) is 14.7 Å². The van der Waals surface area contributed by atoms with Crippen LogP contribution < -0.4 is 14.2 Å². The molecule has 0 N–H and O–H groups in total. The van der Waals surface area contributed by atoms with E-state index in [1.54, 1.807) is 4.90 Å². The number of aromatic nitrogens is 2. The lowest BCUT2D eigenvalue weighted by atomic mass is 10.1. The largest absolute Gasteiger partial charge is 0.494 e. The van der Waals surface area contributed by atoms with E-state index in [0.717, 1.165) is 33.8 Å². The topological polar surface area (TPSA) is 65.8 Å². The summed E-state index contributed by atoms with van der Waals surface area (Å²) in [5.41, 5.74) is 4.35. The van der Waals surface area contributed by atoms with Crippen LogP contribution in [0.1, 0.15) is 18.1 Å². The van der Waals surface area contributed by atoms with E-state index in [4.69, 9.17) is 31.5 Å². The summed E-state index contributed by atoms with van der Waals surface area (Å²) in [6.07, 6.45) is 3.81. The zero-order valence-corrected chi connectivity index (χ0v) is 22.1. The maximum atomic E-state index is 13.4. The molecule has 2 aliphatic heterocycles. The summed E-state index contributed by atoms with van der Waals surface area (Å²) in [4.78, 5) is 15.6. The van der Waals surface area contributed by atoms with E-state index < -0.39 is 0 Å². The number of ether oxygens (including phenoxy) is 3. The molecular formula is C29H23N3O4S2. The Morgan fingerprint density at radius 1 is 1.05 bits per heavy atom. The summed E-state index contributed by atoms with van der Waals surface area (Å²) in [7, 11) is 0. The van der Waals surface area contributed by atoms with Crippen LogP contribution in [0.5, 0.6) is 17.2 Å². The fourth-order valence-electron chi connectivity index (χ4n) is 4.31. The van der Waals surface area contributed by atoms with Gasteiger partial charge in [0.25, 0.3) is 5.91 Å². The maximum absolute atomic E-state index is 13.4. The SMILES string of the molecule is CCOc1ccc(-c2nn(-c3ccccc3)cc2C=C2SC(=S)N(Cc3ccc4c(c3)OCO4)C2=O)cc1. The van der Waals surface area contributed by atoms with E-state index in [9.17, 15) is 4.79 Å². The van der Waals surface area contributed by atoms with Gasteiger partial charge < -0.3 is 14.2 Å². The highest BCUT2D eigenvalue weighted by Crippen LogP contribution is 2.37. The third kappa shape index (κ3) is 4.78. The molecule has 0 unspecified atom stereocenters. The Kier molecular flexibility index (Phi) is 6.61. The number of carbonyl (C=O) groups excluding carboxylic acids is 1. The standard InChI is InChI=1S/C29H23N3O4S2/c1-2-34-23-11-9-20(10-12-23)27-21(17-32(30-27)22-6-4-3-5-7-22)15-26-28(33)31(29(37)38-26)16-19-8-13-24-25(14-19)36-18-35-24/h3-15,17H,2,16,18H2,1H3. The Balaban J connectivity index is 1.32. The van der Waals surface area contributed by atoms with Gasteiger partial charge >= 0.3 is 0 Å². The fourth-order valence-corrected chi connectivity index (χ4v) is 5.55. The monoisotopic (exact) mass is 541 g/mol. The molecule has 0 atom stereocenters. The van der Waals surface area contributed by atoms with Gasteiger partial charge in [-0.05, 0) is 67.1 Å². The number of para-hydroxylation sites is 1. The summed E-state index contributed by atoms with van der Waals surface area (Å²) in [6.45, 7) is 3.11. The van der Waals surface area contributed by atoms with Crippen molar-refractivity contribution in [3.63, 3.8) is 0 Å². The molecule has 3 heterocycles. The number of hydrogen-bond donors (Lipinski definition) is 0. The minimum absolute atomic E-state index is 0.136. The lowest BCUT2D eigenvalue weighted by Crippen LogP contribution is -2.27. The van der Waals surface area contributed by atoms with Gasteiger partial charge in [-0.2, -0.15) is 5.10 Å². The van der Waals surface area contributed by atoms with Crippen LogP contribution in [0.15, 0.2) is 83.9 Å². The Morgan fingerprint density at radius 3 is 2.63 bits per heavy atom. The molecule has 9 heteroatoms. The number of thioether (sulfide) groups is 1. The summed E-state index contributed by atoms with van der Waals surface area (Å²) >= 11 is 6.89. The summed E-state index contributed by atoms with van der Waals surface area (Å²) in [5.74, 6) is 2.04. The van der Waals surface area contributed by atoms with E-state index in [1.165, 1.54) is 11.8 Å². The van der Waals surface area contributed by atoms with Crippen molar-refractivity contribution in [1.29, 1.82) is 0 Å². The second kappa shape index (κ2) is 10.4. The predicted molar refractivity (Wildman–Crippen MR) is 151 cm³/mol. The fraction of sp³-hybridized carbons (Fsp3) is 0.138. The van der Waals surface area contributed by atoms with Gasteiger partial charge in [0.1, 0.15) is 10.1 Å². The average molecular weight is 542 g/mol.